The fourth-order valence-corrected chi connectivity index (χ4v) is 1.37. The Morgan fingerprint density at radius 3 is 2.57 bits per heavy atom. The van der Waals surface area contributed by atoms with Crippen molar-refractivity contribution < 1.29 is 4.74 Å². The summed E-state index contributed by atoms with van der Waals surface area (Å²) in [5.41, 5.74) is 1.36. The topological polar surface area (TPSA) is 22.1 Å². The fraction of sp³-hybridized carbons (Fsp3) is 0.545. The molecule has 1 rings (SSSR count). The van der Waals surface area contributed by atoms with Crippen LogP contribution in [0.1, 0.15) is 19.5 Å². The Morgan fingerprint density at radius 1 is 1.43 bits per heavy atom. The number of rotatable bonds is 4. The highest BCUT2D eigenvalue weighted by atomic mass is 79.9. The lowest BCUT2D eigenvalue weighted by Gasteiger charge is -2.20. The minimum absolute atomic E-state index is 0.252. The molecule has 1 aromatic rings. The maximum atomic E-state index is 5.05. The summed E-state index contributed by atoms with van der Waals surface area (Å²) in [4.78, 5) is 4.34. The highest BCUT2D eigenvalue weighted by Crippen LogP contribution is 2.23. The van der Waals surface area contributed by atoms with Crippen LogP contribution >= 0.6 is 15.9 Å². The largest absolute Gasteiger partial charge is 0.495 e. The summed E-state index contributed by atoms with van der Waals surface area (Å²) in [6, 6.07) is 3.97. The van der Waals surface area contributed by atoms with Gasteiger partial charge in [-0.2, -0.15) is 0 Å². The van der Waals surface area contributed by atoms with Gasteiger partial charge in [0.1, 0.15) is 5.75 Å². The lowest BCUT2D eigenvalue weighted by molar-refractivity contribution is 0.406. The van der Waals surface area contributed by atoms with Crippen molar-refractivity contribution in [3.05, 3.63) is 24.0 Å². The summed E-state index contributed by atoms with van der Waals surface area (Å²) in [5.74, 6) is 0.811. The lowest BCUT2D eigenvalue weighted by Crippen LogP contribution is -2.17. The molecular weight excluding hydrogens is 242 g/mol. The monoisotopic (exact) mass is 257 g/mol. The molecule has 0 fully saturated rings. The molecule has 0 N–H and O–H groups in total. The molecule has 0 saturated carbocycles. The third-order valence-electron chi connectivity index (χ3n) is 2.05. The van der Waals surface area contributed by atoms with Gasteiger partial charge in [-0.25, -0.2) is 0 Å². The second-order valence-corrected chi connectivity index (χ2v) is 4.72. The molecule has 0 bridgehead atoms. The molecule has 0 radical (unpaired) electrons. The second-order valence-electron chi connectivity index (χ2n) is 4.16. The Morgan fingerprint density at radius 2 is 2.14 bits per heavy atom. The van der Waals surface area contributed by atoms with Crippen LogP contribution in [0.15, 0.2) is 18.3 Å². The lowest BCUT2D eigenvalue weighted by atomic mass is 9.90. The number of hydrogen-bond acceptors (Lipinski definition) is 2. The Bertz CT molecular complexity index is 282. The third kappa shape index (κ3) is 3.29. The van der Waals surface area contributed by atoms with Crippen molar-refractivity contribution in [2.24, 2.45) is 5.41 Å². The van der Waals surface area contributed by atoms with Crippen molar-refractivity contribution >= 4 is 15.9 Å². The molecule has 0 unspecified atom stereocenters. The van der Waals surface area contributed by atoms with E-state index in [1.165, 1.54) is 0 Å². The summed E-state index contributed by atoms with van der Waals surface area (Å²) < 4.78 is 5.05. The first-order valence-corrected chi connectivity index (χ1v) is 5.74. The van der Waals surface area contributed by atoms with E-state index in [9.17, 15) is 0 Å². The number of pyridine rings is 1. The Balaban J connectivity index is 2.69. The number of aromatic nitrogens is 1. The van der Waals surface area contributed by atoms with E-state index < -0.39 is 0 Å². The molecule has 3 heteroatoms. The fourth-order valence-electron chi connectivity index (χ4n) is 1.17. The van der Waals surface area contributed by atoms with Crippen LogP contribution in [0.3, 0.4) is 0 Å². The maximum Gasteiger partial charge on any atom is 0.137 e. The summed E-state index contributed by atoms with van der Waals surface area (Å²) >= 11 is 3.50. The van der Waals surface area contributed by atoms with Crippen molar-refractivity contribution in [3.63, 3.8) is 0 Å². The second kappa shape index (κ2) is 4.78. The maximum absolute atomic E-state index is 5.05. The van der Waals surface area contributed by atoms with Crippen LogP contribution in [0.4, 0.5) is 0 Å². The predicted molar refractivity (Wildman–Crippen MR) is 62.1 cm³/mol. The van der Waals surface area contributed by atoms with Gasteiger partial charge >= 0.3 is 0 Å². The van der Waals surface area contributed by atoms with E-state index in [4.69, 9.17) is 4.74 Å². The number of halogens is 1. The first-order chi connectivity index (χ1) is 6.57. The summed E-state index contributed by atoms with van der Waals surface area (Å²) in [6.07, 6.45) is 2.74. The number of alkyl halides is 1. The molecule has 0 aromatic carbocycles. The molecule has 14 heavy (non-hydrogen) atoms. The molecule has 0 saturated heterocycles. The number of methoxy groups -OCH3 is 1. The van der Waals surface area contributed by atoms with Crippen LogP contribution in [0.2, 0.25) is 0 Å². The minimum Gasteiger partial charge on any atom is -0.495 e. The first kappa shape index (κ1) is 11.5. The molecule has 0 amide bonds. The Labute approximate surface area is 93.8 Å². The molecule has 0 aliphatic rings. The molecule has 0 atom stereocenters. The number of hydrogen-bond donors (Lipinski definition) is 0. The minimum atomic E-state index is 0.252. The SMILES string of the molecule is COc1ccc(CC(C)(C)CBr)nc1. The van der Waals surface area contributed by atoms with E-state index in [1.54, 1.807) is 13.3 Å². The molecule has 1 aromatic heterocycles. The van der Waals surface area contributed by atoms with Crippen LogP contribution in [-0.4, -0.2) is 17.4 Å². The van der Waals surface area contributed by atoms with Crippen LogP contribution in [0, 0.1) is 5.41 Å². The van der Waals surface area contributed by atoms with Gasteiger partial charge in [-0.1, -0.05) is 29.8 Å². The van der Waals surface area contributed by atoms with E-state index in [-0.39, 0.29) is 5.41 Å². The average molecular weight is 258 g/mol. The van der Waals surface area contributed by atoms with Gasteiger partial charge in [0.15, 0.2) is 0 Å². The van der Waals surface area contributed by atoms with Gasteiger partial charge in [-0.15, -0.1) is 0 Å². The van der Waals surface area contributed by atoms with Gasteiger partial charge in [-0.05, 0) is 24.0 Å². The summed E-state index contributed by atoms with van der Waals surface area (Å²) in [5, 5.41) is 0.980. The quantitative estimate of drug-likeness (QED) is 0.774. The normalized spacial score (nSPS) is 11.4. The van der Waals surface area contributed by atoms with Gasteiger partial charge in [0.25, 0.3) is 0 Å². The van der Waals surface area contributed by atoms with E-state index >= 15 is 0 Å². The number of nitrogens with zero attached hydrogens (tertiary/aromatic N) is 1. The molecule has 0 spiro atoms. The predicted octanol–water partition coefficient (Wildman–Crippen LogP) is 3.05. The molecule has 0 aliphatic heterocycles. The van der Waals surface area contributed by atoms with Crippen molar-refractivity contribution in [1.29, 1.82) is 0 Å². The highest BCUT2D eigenvalue weighted by molar-refractivity contribution is 9.09. The van der Waals surface area contributed by atoms with Gasteiger partial charge in [-0.3, -0.25) is 4.98 Å². The van der Waals surface area contributed by atoms with Crippen molar-refractivity contribution in [2.75, 3.05) is 12.4 Å². The standard InChI is InChI=1S/C11H16BrNO/c1-11(2,8-12)6-9-4-5-10(14-3)7-13-9/h4-5,7H,6,8H2,1-3H3. The van der Waals surface area contributed by atoms with Crippen molar-refractivity contribution in [3.8, 4) is 5.75 Å². The van der Waals surface area contributed by atoms with Crippen molar-refractivity contribution in [2.45, 2.75) is 20.3 Å². The zero-order valence-electron chi connectivity index (χ0n) is 8.88. The van der Waals surface area contributed by atoms with Gasteiger partial charge in [0.2, 0.25) is 0 Å². The molecular formula is C11H16BrNO. The summed E-state index contributed by atoms with van der Waals surface area (Å²) in [7, 11) is 1.65. The van der Waals surface area contributed by atoms with E-state index in [0.717, 1.165) is 23.2 Å². The molecule has 1 heterocycles. The van der Waals surface area contributed by atoms with Crippen LogP contribution in [0.5, 0.6) is 5.75 Å². The van der Waals surface area contributed by atoms with Gasteiger partial charge in [0.05, 0.1) is 13.3 Å². The Kier molecular flexibility index (Phi) is 3.93. The third-order valence-corrected chi connectivity index (χ3v) is 3.57. The van der Waals surface area contributed by atoms with Crippen LogP contribution in [0.25, 0.3) is 0 Å². The van der Waals surface area contributed by atoms with E-state index in [1.807, 2.05) is 12.1 Å². The smallest absolute Gasteiger partial charge is 0.137 e. The van der Waals surface area contributed by atoms with E-state index in [2.05, 4.69) is 34.8 Å². The summed E-state index contributed by atoms with van der Waals surface area (Å²) in [6.45, 7) is 4.43. The van der Waals surface area contributed by atoms with Gasteiger partial charge in [0, 0.05) is 11.0 Å². The molecule has 2 nitrogen and oxygen atoms in total. The zero-order chi connectivity index (χ0) is 10.6. The van der Waals surface area contributed by atoms with E-state index in [0.29, 0.717) is 0 Å². The first-order valence-electron chi connectivity index (χ1n) is 4.62. The zero-order valence-corrected chi connectivity index (χ0v) is 10.5. The van der Waals surface area contributed by atoms with Crippen LogP contribution < -0.4 is 4.74 Å². The Hall–Kier alpha value is -0.570. The highest BCUT2D eigenvalue weighted by Gasteiger charge is 2.17. The van der Waals surface area contributed by atoms with Gasteiger partial charge < -0.3 is 4.74 Å². The molecule has 0 aliphatic carbocycles. The number of ether oxygens (including phenoxy) is 1. The molecule has 78 valence electrons. The van der Waals surface area contributed by atoms with Crippen molar-refractivity contribution in [1.82, 2.24) is 4.98 Å². The average Bonchev–Trinajstić information content (AvgIpc) is 2.19. The van der Waals surface area contributed by atoms with Crippen LogP contribution in [-0.2, 0) is 6.42 Å².